The summed E-state index contributed by atoms with van der Waals surface area (Å²) in [6.07, 6.45) is 9.11. The zero-order valence-electron chi connectivity index (χ0n) is 17.5. The molecule has 0 saturated carbocycles. The maximum absolute atomic E-state index is 13.4. The Hall–Kier alpha value is -4.31. The van der Waals surface area contributed by atoms with E-state index in [9.17, 15) is 8.42 Å². The van der Waals surface area contributed by atoms with Gasteiger partial charge in [-0.3, -0.25) is 18.8 Å². The van der Waals surface area contributed by atoms with Crippen molar-refractivity contribution < 1.29 is 8.42 Å². The summed E-state index contributed by atoms with van der Waals surface area (Å²) in [5.41, 5.74) is 4.18. The third kappa shape index (κ3) is 3.87. The summed E-state index contributed by atoms with van der Waals surface area (Å²) in [6.45, 7) is 0. The van der Waals surface area contributed by atoms with E-state index >= 15 is 0 Å². The number of pyridine rings is 2. The van der Waals surface area contributed by atoms with Crippen LogP contribution in [0.1, 0.15) is 5.69 Å². The normalized spacial score (nSPS) is 11.5. The quantitative estimate of drug-likeness (QED) is 0.378. The molecule has 0 aliphatic carbocycles. The molecule has 0 radical (unpaired) electrons. The zero-order chi connectivity index (χ0) is 23.0. The van der Waals surface area contributed by atoms with Crippen LogP contribution in [0.25, 0.3) is 27.9 Å². The SMILES string of the molecule is Cn1cc(-c2cnc(C=N)c(NS(=O)(=O)c3cnc4ccc(-c5ccccc5)cn34)c2)cn1. The molecule has 0 aliphatic rings. The lowest BCUT2D eigenvalue weighted by atomic mass is 10.1. The Bertz CT molecular complexity index is 1590. The Balaban J connectivity index is 1.56. The Morgan fingerprint density at radius 2 is 1.73 bits per heavy atom. The van der Waals surface area contributed by atoms with Crippen molar-refractivity contribution in [3.8, 4) is 22.3 Å². The van der Waals surface area contributed by atoms with Crippen LogP contribution in [-0.2, 0) is 17.1 Å². The van der Waals surface area contributed by atoms with Crippen molar-refractivity contribution in [2.75, 3.05) is 4.72 Å². The van der Waals surface area contributed by atoms with Crippen molar-refractivity contribution in [2.45, 2.75) is 5.03 Å². The van der Waals surface area contributed by atoms with Gasteiger partial charge in [0.25, 0.3) is 10.0 Å². The van der Waals surface area contributed by atoms with Gasteiger partial charge in [-0.1, -0.05) is 30.3 Å². The lowest BCUT2D eigenvalue weighted by Gasteiger charge is -2.11. The summed E-state index contributed by atoms with van der Waals surface area (Å²) in [6, 6.07) is 15.0. The van der Waals surface area contributed by atoms with Crippen LogP contribution in [0.5, 0.6) is 0 Å². The minimum Gasteiger partial charge on any atom is -0.306 e. The number of imidazole rings is 1. The van der Waals surface area contributed by atoms with Crippen LogP contribution in [0.3, 0.4) is 0 Å². The highest BCUT2D eigenvalue weighted by atomic mass is 32.2. The molecule has 5 rings (SSSR count). The lowest BCUT2D eigenvalue weighted by Crippen LogP contribution is -2.16. The number of rotatable bonds is 6. The highest BCUT2D eigenvalue weighted by molar-refractivity contribution is 7.92. The van der Waals surface area contributed by atoms with Gasteiger partial charge in [0.1, 0.15) is 11.3 Å². The number of hydrogen-bond donors (Lipinski definition) is 2. The number of anilines is 1. The van der Waals surface area contributed by atoms with Gasteiger partial charge >= 0.3 is 0 Å². The first-order valence-corrected chi connectivity index (χ1v) is 11.5. The Morgan fingerprint density at radius 3 is 2.45 bits per heavy atom. The average Bonchev–Trinajstić information content (AvgIpc) is 3.45. The van der Waals surface area contributed by atoms with Crippen LogP contribution in [-0.4, -0.2) is 38.8 Å². The number of sulfonamides is 1. The first-order chi connectivity index (χ1) is 15.9. The molecule has 1 aromatic carbocycles. The minimum atomic E-state index is -4.04. The summed E-state index contributed by atoms with van der Waals surface area (Å²) in [5, 5.41) is 11.8. The second-order valence-corrected chi connectivity index (χ2v) is 9.05. The van der Waals surface area contributed by atoms with Gasteiger partial charge in [-0.05, 0) is 29.3 Å². The van der Waals surface area contributed by atoms with Gasteiger partial charge in [0.2, 0.25) is 0 Å². The predicted octanol–water partition coefficient (Wildman–Crippen LogP) is 3.60. The van der Waals surface area contributed by atoms with E-state index in [1.54, 1.807) is 48.6 Å². The molecule has 4 heterocycles. The molecule has 2 N–H and O–H groups in total. The number of fused-ring (bicyclic) bond motifs is 1. The number of benzene rings is 1. The van der Waals surface area contributed by atoms with Crippen molar-refractivity contribution in [1.82, 2.24) is 24.1 Å². The maximum atomic E-state index is 13.4. The van der Waals surface area contributed by atoms with Gasteiger partial charge < -0.3 is 5.41 Å². The zero-order valence-corrected chi connectivity index (χ0v) is 18.4. The number of nitrogens with zero attached hydrogens (tertiary/aromatic N) is 5. The van der Waals surface area contributed by atoms with E-state index < -0.39 is 10.0 Å². The molecule has 0 saturated heterocycles. The highest BCUT2D eigenvalue weighted by Crippen LogP contribution is 2.26. The summed E-state index contributed by atoms with van der Waals surface area (Å²) >= 11 is 0. The topological polar surface area (TPSA) is 118 Å². The van der Waals surface area contributed by atoms with Crippen LogP contribution in [0.4, 0.5) is 5.69 Å². The molecule has 33 heavy (non-hydrogen) atoms. The third-order valence-corrected chi connectivity index (χ3v) is 6.53. The van der Waals surface area contributed by atoms with E-state index in [1.807, 2.05) is 36.4 Å². The molecule has 5 aromatic rings. The number of nitrogens with one attached hydrogen (secondary N) is 2. The molecule has 0 atom stereocenters. The Kier molecular flexibility index (Phi) is 4.98. The van der Waals surface area contributed by atoms with Crippen molar-refractivity contribution >= 4 is 27.6 Å². The molecular weight excluding hydrogens is 438 g/mol. The highest BCUT2D eigenvalue weighted by Gasteiger charge is 2.22. The van der Waals surface area contributed by atoms with Gasteiger partial charge in [0.15, 0.2) is 5.03 Å². The molecule has 0 spiro atoms. The first-order valence-electron chi connectivity index (χ1n) is 9.99. The molecule has 4 aromatic heterocycles. The average molecular weight is 458 g/mol. The van der Waals surface area contributed by atoms with Crippen LogP contribution in [0, 0.1) is 5.41 Å². The van der Waals surface area contributed by atoms with Gasteiger partial charge in [-0.15, -0.1) is 0 Å². The summed E-state index contributed by atoms with van der Waals surface area (Å²) in [5.74, 6) is 0. The molecule has 10 heteroatoms. The van der Waals surface area contributed by atoms with Crippen molar-refractivity contribution in [3.63, 3.8) is 0 Å². The van der Waals surface area contributed by atoms with E-state index in [0.717, 1.165) is 22.9 Å². The second kappa shape index (κ2) is 7.99. The molecule has 0 fully saturated rings. The van der Waals surface area contributed by atoms with Crippen LogP contribution in [0.2, 0.25) is 0 Å². The fraction of sp³-hybridized carbons (Fsp3) is 0.0435. The van der Waals surface area contributed by atoms with Gasteiger partial charge in [0, 0.05) is 43.0 Å². The molecule has 0 unspecified atom stereocenters. The third-order valence-electron chi connectivity index (χ3n) is 5.19. The maximum Gasteiger partial charge on any atom is 0.279 e. The van der Waals surface area contributed by atoms with E-state index in [1.165, 1.54) is 10.6 Å². The molecule has 0 bridgehead atoms. The standard InChI is InChI=1S/C23H19N7O2S/c1-29-14-19(12-27-29)18-9-20(21(10-24)25-11-18)28-33(31,32)23-13-26-22-8-7-17(15-30(22)23)16-5-3-2-4-6-16/h2-15,24,28H,1H3. The second-order valence-electron chi connectivity index (χ2n) is 7.42. The fourth-order valence-electron chi connectivity index (χ4n) is 3.56. The smallest absolute Gasteiger partial charge is 0.279 e. The van der Waals surface area contributed by atoms with Crippen molar-refractivity contribution in [3.05, 3.63) is 85.2 Å². The molecular formula is C23H19N7O2S. The van der Waals surface area contributed by atoms with Crippen LogP contribution in [0.15, 0.2) is 84.5 Å². The summed E-state index contributed by atoms with van der Waals surface area (Å²) < 4.78 is 32.5. The monoisotopic (exact) mass is 457 g/mol. The predicted molar refractivity (Wildman–Crippen MR) is 126 cm³/mol. The summed E-state index contributed by atoms with van der Waals surface area (Å²) in [7, 11) is -2.24. The number of aryl methyl sites for hydroxylation is 1. The molecule has 164 valence electrons. The molecule has 0 amide bonds. The Labute approximate surface area is 189 Å². The molecule has 9 nitrogen and oxygen atoms in total. The van der Waals surface area contributed by atoms with Gasteiger partial charge in [0.05, 0.1) is 18.1 Å². The van der Waals surface area contributed by atoms with E-state index in [0.29, 0.717) is 11.2 Å². The Morgan fingerprint density at radius 1 is 0.909 bits per heavy atom. The van der Waals surface area contributed by atoms with Crippen molar-refractivity contribution in [1.29, 1.82) is 5.41 Å². The lowest BCUT2D eigenvalue weighted by molar-refractivity contribution is 0.596. The molecule has 0 aliphatic heterocycles. The van der Waals surface area contributed by atoms with Gasteiger partial charge in [-0.25, -0.2) is 4.98 Å². The van der Waals surface area contributed by atoms with E-state index in [4.69, 9.17) is 5.41 Å². The van der Waals surface area contributed by atoms with Gasteiger partial charge in [-0.2, -0.15) is 13.5 Å². The van der Waals surface area contributed by atoms with E-state index in [2.05, 4.69) is 19.8 Å². The number of hydrogen-bond acceptors (Lipinski definition) is 6. The van der Waals surface area contributed by atoms with Crippen LogP contribution < -0.4 is 4.72 Å². The number of aromatic nitrogens is 5. The van der Waals surface area contributed by atoms with Crippen molar-refractivity contribution in [2.24, 2.45) is 7.05 Å². The minimum absolute atomic E-state index is 0.0157. The first kappa shape index (κ1) is 20.6. The summed E-state index contributed by atoms with van der Waals surface area (Å²) in [4.78, 5) is 8.48. The van der Waals surface area contributed by atoms with E-state index in [-0.39, 0.29) is 16.4 Å². The largest absolute Gasteiger partial charge is 0.306 e. The van der Waals surface area contributed by atoms with Crippen LogP contribution >= 0.6 is 0 Å². The fourth-order valence-corrected chi connectivity index (χ4v) is 4.71.